The van der Waals surface area contributed by atoms with Crippen LogP contribution in [0.5, 0.6) is 17.2 Å². The number of phenols is 1. The van der Waals surface area contributed by atoms with Crippen LogP contribution in [0.25, 0.3) is 0 Å². The molecule has 6 nitrogen and oxygen atoms in total. The van der Waals surface area contributed by atoms with Gasteiger partial charge in [0.15, 0.2) is 11.5 Å². The lowest BCUT2D eigenvalue weighted by atomic mass is 10.1. The zero-order valence-corrected chi connectivity index (χ0v) is 15.0. The molecule has 132 valence electrons. The van der Waals surface area contributed by atoms with Gasteiger partial charge in [0, 0.05) is 31.1 Å². The number of rotatable bonds is 5. The molecule has 1 aliphatic heterocycles. The maximum absolute atomic E-state index is 12.5. The maximum Gasteiger partial charge on any atom is 0.224 e. The minimum absolute atomic E-state index is 0.0419. The molecule has 0 bridgehead atoms. The molecule has 1 atom stereocenters. The van der Waals surface area contributed by atoms with Gasteiger partial charge in [-0.3, -0.25) is 9.78 Å². The number of pyridine rings is 1. The summed E-state index contributed by atoms with van der Waals surface area (Å²) in [6, 6.07) is 7.32. The Balaban J connectivity index is 1.96. The number of hydrogen-bond donors (Lipinski definition) is 1. The van der Waals surface area contributed by atoms with Crippen molar-refractivity contribution in [2.24, 2.45) is 0 Å². The first-order chi connectivity index (χ1) is 12.1. The second-order valence-electron chi connectivity index (χ2n) is 5.63. The number of carbonyl (C=O) groups is 1. The zero-order chi connectivity index (χ0) is 17.8. The molecule has 1 fully saturated rings. The fourth-order valence-corrected chi connectivity index (χ4v) is 4.03. The van der Waals surface area contributed by atoms with Crippen LogP contribution in [-0.4, -0.2) is 40.9 Å². The standard InChI is InChI=1S/C18H20N2O4S/c1-23-14-8-13(9-15(24-2)17(14)22)18-20(16(21)5-7-25-18)11-12-4-3-6-19-10-12/h3-4,6,8-10,18,22H,5,7,11H2,1-2H3. The van der Waals surface area contributed by atoms with E-state index in [4.69, 9.17) is 9.47 Å². The summed E-state index contributed by atoms with van der Waals surface area (Å²) < 4.78 is 10.5. The number of nitrogens with zero attached hydrogens (tertiary/aromatic N) is 2. The lowest BCUT2D eigenvalue weighted by molar-refractivity contribution is -0.132. The fraction of sp³-hybridized carbons (Fsp3) is 0.333. The third kappa shape index (κ3) is 3.66. The van der Waals surface area contributed by atoms with Crippen LogP contribution in [0.3, 0.4) is 0 Å². The number of aromatic hydroxyl groups is 1. The van der Waals surface area contributed by atoms with E-state index in [1.807, 2.05) is 17.0 Å². The van der Waals surface area contributed by atoms with Gasteiger partial charge >= 0.3 is 0 Å². The Morgan fingerprint density at radius 1 is 1.32 bits per heavy atom. The lowest BCUT2D eigenvalue weighted by Gasteiger charge is -2.35. The van der Waals surface area contributed by atoms with Gasteiger partial charge in [0.2, 0.25) is 11.7 Å². The Kier molecular flexibility index (Phi) is 5.33. The largest absolute Gasteiger partial charge is 0.502 e. The highest BCUT2D eigenvalue weighted by Crippen LogP contribution is 2.44. The molecule has 25 heavy (non-hydrogen) atoms. The first-order valence-electron chi connectivity index (χ1n) is 7.89. The summed E-state index contributed by atoms with van der Waals surface area (Å²) >= 11 is 1.68. The van der Waals surface area contributed by atoms with Gasteiger partial charge < -0.3 is 19.5 Å². The van der Waals surface area contributed by atoms with Crippen molar-refractivity contribution in [1.82, 2.24) is 9.88 Å². The van der Waals surface area contributed by atoms with E-state index in [1.165, 1.54) is 14.2 Å². The molecule has 7 heteroatoms. The van der Waals surface area contributed by atoms with E-state index in [9.17, 15) is 9.90 Å². The topological polar surface area (TPSA) is 71.9 Å². The number of amides is 1. The molecule has 2 heterocycles. The van der Waals surface area contributed by atoms with Crippen LogP contribution in [0.2, 0.25) is 0 Å². The Morgan fingerprint density at radius 2 is 2.04 bits per heavy atom. The summed E-state index contributed by atoms with van der Waals surface area (Å²) in [6.07, 6.45) is 3.98. The summed E-state index contributed by atoms with van der Waals surface area (Å²) in [4.78, 5) is 18.5. The van der Waals surface area contributed by atoms with Crippen molar-refractivity contribution in [2.45, 2.75) is 18.3 Å². The first-order valence-corrected chi connectivity index (χ1v) is 8.93. The molecule has 1 aromatic carbocycles. The van der Waals surface area contributed by atoms with Gasteiger partial charge in [-0.05, 0) is 29.3 Å². The second kappa shape index (κ2) is 7.65. The molecule has 1 unspecified atom stereocenters. The van der Waals surface area contributed by atoms with Crippen LogP contribution in [0.15, 0.2) is 36.7 Å². The third-order valence-corrected chi connectivity index (χ3v) is 5.34. The number of hydrogen-bond acceptors (Lipinski definition) is 6. The first kappa shape index (κ1) is 17.4. The summed E-state index contributed by atoms with van der Waals surface area (Å²) in [6.45, 7) is 0.482. The van der Waals surface area contributed by atoms with Gasteiger partial charge in [0.25, 0.3) is 0 Å². The molecule has 1 N–H and O–H groups in total. The van der Waals surface area contributed by atoms with Gasteiger partial charge in [-0.2, -0.15) is 0 Å². The number of phenolic OH excluding ortho intramolecular Hbond substituents is 1. The molecule has 0 spiro atoms. The molecular formula is C18H20N2O4S. The van der Waals surface area contributed by atoms with Crippen LogP contribution >= 0.6 is 11.8 Å². The van der Waals surface area contributed by atoms with E-state index in [1.54, 1.807) is 36.3 Å². The number of aromatic nitrogens is 1. The van der Waals surface area contributed by atoms with Crippen molar-refractivity contribution < 1.29 is 19.4 Å². The summed E-state index contributed by atoms with van der Waals surface area (Å²) in [5.74, 6) is 1.46. The van der Waals surface area contributed by atoms with Crippen molar-refractivity contribution in [1.29, 1.82) is 0 Å². The number of methoxy groups -OCH3 is 2. The highest BCUT2D eigenvalue weighted by molar-refractivity contribution is 7.99. The monoisotopic (exact) mass is 360 g/mol. The maximum atomic E-state index is 12.5. The van der Waals surface area contributed by atoms with Crippen LogP contribution in [0, 0.1) is 0 Å². The molecule has 0 radical (unpaired) electrons. The van der Waals surface area contributed by atoms with Crippen LogP contribution < -0.4 is 9.47 Å². The second-order valence-corrected chi connectivity index (χ2v) is 6.82. The molecule has 0 aliphatic carbocycles. The Bertz CT molecular complexity index is 729. The highest BCUT2D eigenvalue weighted by atomic mass is 32.2. The highest BCUT2D eigenvalue weighted by Gasteiger charge is 2.31. The molecule has 1 saturated heterocycles. The molecule has 1 amide bonds. The van der Waals surface area contributed by atoms with Crippen molar-refractivity contribution in [3.8, 4) is 17.2 Å². The normalized spacial score (nSPS) is 17.4. The van der Waals surface area contributed by atoms with Crippen molar-refractivity contribution >= 4 is 17.7 Å². The van der Waals surface area contributed by atoms with E-state index in [-0.39, 0.29) is 17.0 Å². The predicted molar refractivity (Wildman–Crippen MR) is 95.8 cm³/mol. The molecule has 1 aliphatic rings. The summed E-state index contributed by atoms with van der Waals surface area (Å²) in [5, 5.41) is 9.94. The molecule has 0 saturated carbocycles. The molecular weight excluding hydrogens is 340 g/mol. The number of thioether (sulfide) groups is 1. The molecule has 2 aromatic rings. The molecule has 1 aromatic heterocycles. The van der Waals surface area contributed by atoms with Crippen molar-refractivity contribution in [3.63, 3.8) is 0 Å². The minimum atomic E-state index is -0.176. The van der Waals surface area contributed by atoms with E-state index in [0.29, 0.717) is 24.5 Å². The number of carbonyl (C=O) groups excluding carboxylic acids is 1. The number of ether oxygens (including phenoxy) is 2. The zero-order valence-electron chi connectivity index (χ0n) is 14.1. The predicted octanol–water partition coefficient (Wildman–Crippen LogP) is 2.97. The quantitative estimate of drug-likeness (QED) is 0.884. The van der Waals surface area contributed by atoms with Crippen LogP contribution in [-0.2, 0) is 11.3 Å². The molecule has 3 rings (SSSR count). The summed E-state index contributed by atoms with van der Waals surface area (Å²) in [5.41, 5.74) is 1.83. The average molecular weight is 360 g/mol. The van der Waals surface area contributed by atoms with Crippen LogP contribution in [0.4, 0.5) is 0 Å². The Labute approximate surface area is 150 Å². The third-order valence-electron chi connectivity index (χ3n) is 4.06. The Morgan fingerprint density at radius 3 is 2.64 bits per heavy atom. The van der Waals surface area contributed by atoms with Crippen molar-refractivity contribution in [2.75, 3.05) is 20.0 Å². The fourth-order valence-electron chi connectivity index (χ4n) is 2.81. The van der Waals surface area contributed by atoms with Gasteiger partial charge in [0.05, 0.1) is 14.2 Å². The number of benzene rings is 1. The van der Waals surface area contributed by atoms with Crippen molar-refractivity contribution in [3.05, 3.63) is 47.8 Å². The van der Waals surface area contributed by atoms with E-state index < -0.39 is 0 Å². The Hall–Kier alpha value is -2.41. The SMILES string of the molecule is COc1cc(C2SCCC(=O)N2Cc2cccnc2)cc(OC)c1O. The van der Waals surface area contributed by atoms with E-state index >= 15 is 0 Å². The van der Waals surface area contributed by atoms with Gasteiger partial charge in [-0.15, -0.1) is 11.8 Å². The van der Waals surface area contributed by atoms with Gasteiger partial charge in [-0.25, -0.2) is 0 Å². The summed E-state index contributed by atoms with van der Waals surface area (Å²) in [7, 11) is 2.98. The van der Waals surface area contributed by atoms with Gasteiger partial charge in [-0.1, -0.05) is 6.07 Å². The van der Waals surface area contributed by atoms with Crippen LogP contribution in [0.1, 0.15) is 22.9 Å². The average Bonchev–Trinajstić information content (AvgIpc) is 2.64. The smallest absolute Gasteiger partial charge is 0.224 e. The minimum Gasteiger partial charge on any atom is -0.502 e. The van der Waals surface area contributed by atoms with Gasteiger partial charge in [0.1, 0.15) is 5.37 Å². The van der Waals surface area contributed by atoms with E-state index in [2.05, 4.69) is 4.98 Å². The van der Waals surface area contributed by atoms with E-state index in [0.717, 1.165) is 16.9 Å². The lowest BCUT2D eigenvalue weighted by Crippen LogP contribution is -2.36.